The molecule has 2 aliphatic carbocycles. The molecule has 1 heteroatoms. The maximum atomic E-state index is 2.53. The molecule has 0 fully saturated rings. The predicted octanol–water partition coefficient (Wildman–Crippen LogP) is 16.7. The van der Waals surface area contributed by atoms with Crippen molar-refractivity contribution in [3.8, 4) is 33.4 Å². The fraction of sp³-hybridized carbons (Fsp3) is 0.0303. The largest absolute Gasteiger partial charge is 0.310 e. The molecular formula is C66H45N. The average Bonchev–Trinajstić information content (AvgIpc) is 3.88. The highest BCUT2D eigenvalue weighted by molar-refractivity contribution is 6.06. The molecule has 13 rings (SSSR count). The molecule has 0 radical (unpaired) electrons. The Morgan fingerprint density at radius 2 is 0.687 bits per heavy atom. The lowest BCUT2D eigenvalue weighted by Crippen LogP contribution is -2.29. The molecule has 2 aliphatic rings. The zero-order valence-corrected chi connectivity index (χ0v) is 36.9. The zero-order valence-electron chi connectivity index (χ0n) is 36.9. The van der Waals surface area contributed by atoms with E-state index in [0.29, 0.717) is 0 Å². The van der Waals surface area contributed by atoms with Crippen LogP contribution in [0.3, 0.4) is 0 Å². The van der Waals surface area contributed by atoms with E-state index < -0.39 is 10.8 Å². The Morgan fingerprint density at radius 3 is 1.27 bits per heavy atom. The number of hydrogen-bond acceptors (Lipinski definition) is 1. The summed E-state index contributed by atoms with van der Waals surface area (Å²) < 4.78 is 0. The molecule has 0 saturated carbocycles. The standard InChI is InChI=1S/C66H45N/c1-6-23-47(24-7-1)64-54-33-17-16-22-46(54)38-43-63(64)67(52-40-42-61-58(44-52)56-35-19-21-37-60(56)65(61,48-25-8-2-9-26-48)49-27-10-3-11-28-49)53-39-41-57-55-34-18-20-36-59(55)66(62(57)45-53,50-29-12-4-13-30-50)51-31-14-5-15-32-51/h1-45H. The third-order valence-electron chi connectivity index (χ3n) is 14.6. The Bertz CT molecular complexity index is 3540. The van der Waals surface area contributed by atoms with Gasteiger partial charge in [-0.2, -0.15) is 0 Å². The van der Waals surface area contributed by atoms with Gasteiger partial charge in [-0.25, -0.2) is 0 Å². The Morgan fingerprint density at radius 1 is 0.269 bits per heavy atom. The average molecular weight is 852 g/mol. The first kappa shape index (κ1) is 38.9. The lowest BCUT2D eigenvalue weighted by Gasteiger charge is -2.35. The monoisotopic (exact) mass is 851 g/mol. The second-order valence-electron chi connectivity index (χ2n) is 17.9. The minimum Gasteiger partial charge on any atom is -0.310 e. The molecule has 0 aromatic heterocycles. The van der Waals surface area contributed by atoms with Gasteiger partial charge in [0.25, 0.3) is 0 Å². The van der Waals surface area contributed by atoms with Crippen LogP contribution in [0.4, 0.5) is 17.1 Å². The lowest BCUT2D eigenvalue weighted by molar-refractivity contribution is 0.768. The van der Waals surface area contributed by atoms with Crippen molar-refractivity contribution in [2.45, 2.75) is 10.8 Å². The maximum absolute atomic E-state index is 2.53. The molecule has 0 atom stereocenters. The fourth-order valence-electron chi connectivity index (χ4n) is 11.9. The summed E-state index contributed by atoms with van der Waals surface area (Å²) in [4.78, 5) is 2.53. The fourth-order valence-corrected chi connectivity index (χ4v) is 11.9. The van der Waals surface area contributed by atoms with Gasteiger partial charge in [0.1, 0.15) is 0 Å². The summed E-state index contributed by atoms with van der Waals surface area (Å²) in [6, 6.07) is 101. The number of fused-ring (bicyclic) bond motifs is 7. The summed E-state index contributed by atoms with van der Waals surface area (Å²) in [7, 11) is 0. The molecule has 0 heterocycles. The van der Waals surface area contributed by atoms with E-state index >= 15 is 0 Å². The van der Waals surface area contributed by atoms with E-state index in [4.69, 9.17) is 0 Å². The van der Waals surface area contributed by atoms with Gasteiger partial charge < -0.3 is 4.90 Å². The number of rotatable bonds is 8. The minimum atomic E-state index is -0.552. The molecule has 0 N–H and O–H groups in total. The van der Waals surface area contributed by atoms with Gasteiger partial charge in [0.2, 0.25) is 0 Å². The van der Waals surface area contributed by atoms with Gasteiger partial charge in [0.15, 0.2) is 0 Å². The van der Waals surface area contributed by atoms with Crippen LogP contribution >= 0.6 is 0 Å². The molecule has 67 heavy (non-hydrogen) atoms. The van der Waals surface area contributed by atoms with Crippen LogP contribution in [0.2, 0.25) is 0 Å². The highest BCUT2D eigenvalue weighted by Gasteiger charge is 2.48. The molecule has 0 unspecified atom stereocenters. The molecule has 1 nitrogen and oxygen atoms in total. The molecule has 11 aromatic rings. The minimum absolute atomic E-state index is 0.500. The first-order valence-corrected chi connectivity index (χ1v) is 23.3. The van der Waals surface area contributed by atoms with Crippen LogP contribution in [0.5, 0.6) is 0 Å². The van der Waals surface area contributed by atoms with Crippen molar-refractivity contribution in [2.24, 2.45) is 0 Å². The highest BCUT2D eigenvalue weighted by atomic mass is 15.1. The van der Waals surface area contributed by atoms with Gasteiger partial charge in [-0.05, 0) is 113 Å². The van der Waals surface area contributed by atoms with E-state index in [1.807, 2.05) is 0 Å². The Balaban J connectivity index is 1.12. The van der Waals surface area contributed by atoms with Gasteiger partial charge in [-0.15, -0.1) is 0 Å². The summed E-state index contributed by atoms with van der Waals surface area (Å²) in [5.41, 5.74) is 19.8. The van der Waals surface area contributed by atoms with Gasteiger partial charge in [-0.3, -0.25) is 0 Å². The summed E-state index contributed by atoms with van der Waals surface area (Å²) >= 11 is 0. The quantitative estimate of drug-likeness (QED) is 0.147. The molecule has 0 amide bonds. The Labute approximate surface area is 392 Å². The molecule has 0 bridgehead atoms. The van der Waals surface area contributed by atoms with Crippen LogP contribution in [0, 0.1) is 0 Å². The molecule has 0 aliphatic heterocycles. The van der Waals surface area contributed by atoms with Crippen molar-refractivity contribution in [1.82, 2.24) is 0 Å². The van der Waals surface area contributed by atoms with E-state index in [-0.39, 0.29) is 0 Å². The first-order chi connectivity index (χ1) is 33.3. The molecule has 0 spiro atoms. The maximum Gasteiger partial charge on any atom is 0.0714 e. The van der Waals surface area contributed by atoms with Gasteiger partial charge in [0.05, 0.1) is 16.5 Å². The second kappa shape index (κ2) is 15.6. The third kappa shape index (κ3) is 5.75. The third-order valence-corrected chi connectivity index (χ3v) is 14.6. The normalized spacial score (nSPS) is 13.6. The highest BCUT2D eigenvalue weighted by Crippen LogP contribution is 2.60. The van der Waals surface area contributed by atoms with E-state index in [0.717, 1.165) is 17.1 Å². The molecule has 314 valence electrons. The molecule has 11 aromatic carbocycles. The van der Waals surface area contributed by atoms with Crippen LogP contribution < -0.4 is 4.90 Å². The molecule has 0 saturated heterocycles. The van der Waals surface area contributed by atoms with Crippen LogP contribution in [0.25, 0.3) is 44.2 Å². The van der Waals surface area contributed by atoms with Crippen LogP contribution in [-0.2, 0) is 10.8 Å². The summed E-state index contributed by atoms with van der Waals surface area (Å²) in [6.07, 6.45) is 0. The van der Waals surface area contributed by atoms with Gasteiger partial charge in [0, 0.05) is 16.9 Å². The second-order valence-corrected chi connectivity index (χ2v) is 17.9. The van der Waals surface area contributed by atoms with E-state index in [1.54, 1.807) is 0 Å². The van der Waals surface area contributed by atoms with Gasteiger partial charge >= 0.3 is 0 Å². The Kier molecular flexibility index (Phi) is 9.05. The van der Waals surface area contributed by atoms with Crippen molar-refractivity contribution in [2.75, 3.05) is 4.90 Å². The van der Waals surface area contributed by atoms with E-state index in [9.17, 15) is 0 Å². The number of hydrogen-bond donors (Lipinski definition) is 0. The smallest absolute Gasteiger partial charge is 0.0714 e. The Hall–Kier alpha value is -8.52. The predicted molar refractivity (Wildman–Crippen MR) is 279 cm³/mol. The summed E-state index contributed by atoms with van der Waals surface area (Å²) in [5, 5.41) is 2.42. The van der Waals surface area contributed by atoms with Crippen LogP contribution in [0.15, 0.2) is 273 Å². The number of anilines is 3. The van der Waals surface area contributed by atoms with Crippen molar-refractivity contribution in [3.63, 3.8) is 0 Å². The van der Waals surface area contributed by atoms with Crippen LogP contribution in [0.1, 0.15) is 44.5 Å². The summed E-state index contributed by atoms with van der Waals surface area (Å²) in [5.74, 6) is 0. The van der Waals surface area contributed by atoms with Crippen molar-refractivity contribution < 1.29 is 0 Å². The zero-order chi connectivity index (χ0) is 44.4. The number of nitrogens with zero attached hydrogens (tertiary/aromatic N) is 1. The van der Waals surface area contributed by atoms with Gasteiger partial charge in [-0.1, -0.05) is 243 Å². The molecular weight excluding hydrogens is 807 g/mol. The number of benzene rings is 11. The SMILES string of the molecule is c1ccc(-c2c(N(c3ccc4c(c3)-c3ccccc3C4(c3ccccc3)c3ccccc3)c3ccc4c(c3)C(c3ccccc3)(c3ccccc3)c3ccccc3-4)ccc3ccccc23)cc1. The summed E-state index contributed by atoms with van der Waals surface area (Å²) in [6.45, 7) is 0. The van der Waals surface area contributed by atoms with Crippen LogP contribution in [-0.4, -0.2) is 0 Å². The first-order valence-electron chi connectivity index (χ1n) is 23.3. The van der Waals surface area contributed by atoms with E-state index in [2.05, 4.69) is 278 Å². The lowest BCUT2D eigenvalue weighted by atomic mass is 9.67. The van der Waals surface area contributed by atoms with E-state index in [1.165, 1.54) is 88.7 Å². The van der Waals surface area contributed by atoms with Crippen molar-refractivity contribution in [1.29, 1.82) is 0 Å². The van der Waals surface area contributed by atoms with Crippen molar-refractivity contribution in [3.05, 3.63) is 317 Å². The topological polar surface area (TPSA) is 3.24 Å². The van der Waals surface area contributed by atoms with Crippen molar-refractivity contribution >= 4 is 27.8 Å².